The summed E-state index contributed by atoms with van der Waals surface area (Å²) in [6.45, 7) is -0.537. The molecule has 1 atom stereocenters. The standard InChI is InChI=1S/C17H19N3O6S/c1-19(11-7-8-27(24,25)10-11)14(21)9-26-17(23)15-12-5-3-4-6-13(12)16(22)20(2)18-15/h3-6,11H,7-10H2,1-2H3/t11-/m0/s1. The monoisotopic (exact) mass is 393 g/mol. The molecule has 0 unspecified atom stereocenters. The van der Waals surface area contributed by atoms with Crippen LogP contribution >= 0.6 is 0 Å². The van der Waals surface area contributed by atoms with E-state index in [9.17, 15) is 22.8 Å². The number of carbonyl (C=O) groups is 2. The second kappa shape index (κ2) is 7.10. The molecule has 0 bridgehead atoms. The molecule has 144 valence electrons. The van der Waals surface area contributed by atoms with Crippen LogP contribution in [0, 0.1) is 0 Å². The second-order valence-electron chi connectivity index (χ2n) is 6.46. The minimum atomic E-state index is -3.13. The molecule has 1 amide bonds. The topological polar surface area (TPSA) is 116 Å². The maximum atomic E-state index is 12.4. The van der Waals surface area contributed by atoms with Crippen LogP contribution in [-0.4, -0.2) is 66.2 Å². The SMILES string of the molecule is CN(C(=O)COC(=O)c1nn(C)c(=O)c2ccccc12)[C@H]1CCS(=O)(=O)C1. The number of sulfone groups is 1. The van der Waals surface area contributed by atoms with E-state index in [0.717, 1.165) is 4.68 Å². The van der Waals surface area contributed by atoms with Gasteiger partial charge in [-0.3, -0.25) is 9.59 Å². The molecular weight excluding hydrogens is 374 g/mol. The van der Waals surface area contributed by atoms with Crippen LogP contribution in [0.1, 0.15) is 16.9 Å². The first-order valence-corrected chi connectivity index (χ1v) is 10.1. The Morgan fingerprint density at radius 2 is 1.96 bits per heavy atom. The Balaban J connectivity index is 1.73. The third-order valence-electron chi connectivity index (χ3n) is 4.63. The van der Waals surface area contributed by atoms with Crippen LogP contribution in [0.4, 0.5) is 0 Å². The average molecular weight is 393 g/mol. The number of hydrogen-bond acceptors (Lipinski definition) is 7. The number of aromatic nitrogens is 2. The third kappa shape index (κ3) is 3.85. The van der Waals surface area contributed by atoms with Gasteiger partial charge in [0.05, 0.1) is 16.9 Å². The molecule has 2 heterocycles. The first-order chi connectivity index (χ1) is 12.7. The number of fused-ring (bicyclic) bond motifs is 1. The number of esters is 1. The molecule has 3 rings (SSSR count). The van der Waals surface area contributed by atoms with E-state index >= 15 is 0 Å². The average Bonchev–Trinajstić information content (AvgIpc) is 3.01. The highest BCUT2D eigenvalue weighted by Crippen LogP contribution is 2.17. The highest BCUT2D eigenvalue weighted by molar-refractivity contribution is 7.91. The fourth-order valence-corrected chi connectivity index (χ4v) is 4.81. The maximum absolute atomic E-state index is 12.4. The van der Waals surface area contributed by atoms with Gasteiger partial charge >= 0.3 is 5.97 Å². The lowest BCUT2D eigenvalue weighted by molar-refractivity contribution is -0.134. The van der Waals surface area contributed by atoms with Crippen molar-refractivity contribution in [2.24, 2.45) is 7.05 Å². The van der Waals surface area contributed by atoms with E-state index in [1.54, 1.807) is 24.3 Å². The lowest BCUT2D eigenvalue weighted by atomic mass is 10.1. The molecule has 10 heteroatoms. The summed E-state index contributed by atoms with van der Waals surface area (Å²) in [5.74, 6) is -1.37. The number of likely N-dealkylation sites (N-methyl/N-ethyl adjacent to an activating group) is 1. The highest BCUT2D eigenvalue weighted by Gasteiger charge is 2.33. The quantitative estimate of drug-likeness (QED) is 0.657. The Kier molecular flexibility index (Phi) is 5.01. The number of aryl methyl sites for hydroxylation is 1. The number of ether oxygens (including phenoxy) is 1. The van der Waals surface area contributed by atoms with Crippen LogP contribution in [0.2, 0.25) is 0 Å². The molecule has 1 aromatic heterocycles. The molecule has 1 fully saturated rings. The van der Waals surface area contributed by atoms with Gasteiger partial charge in [0.15, 0.2) is 22.1 Å². The minimum Gasteiger partial charge on any atom is -0.451 e. The van der Waals surface area contributed by atoms with Crippen molar-refractivity contribution in [2.45, 2.75) is 12.5 Å². The van der Waals surface area contributed by atoms with Crippen LogP contribution in [0.5, 0.6) is 0 Å². The van der Waals surface area contributed by atoms with Gasteiger partial charge in [0.2, 0.25) is 0 Å². The van der Waals surface area contributed by atoms with Crippen molar-refractivity contribution in [3.63, 3.8) is 0 Å². The molecule has 0 aliphatic carbocycles. The Hall–Kier alpha value is -2.75. The first-order valence-electron chi connectivity index (χ1n) is 8.29. The lowest BCUT2D eigenvalue weighted by Gasteiger charge is -2.23. The molecular formula is C17H19N3O6S. The third-order valence-corrected chi connectivity index (χ3v) is 6.38. The van der Waals surface area contributed by atoms with Crippen LogP contribution in [0.25, 0.3) is 10.8 Å². The summed E-state index contributed by atoms with van der Waals surface area (Å²) in [5.41, 5.74) is -0.410. The molecule has 1 aromatic carbocycles. The predicted molar refractivity (Wildman–Crippen MR) is 97.1 cm³/mol. The fraction of sp³-hybridized carbons (Fsp3) is 0.412. The molecule has 2 aromatic rings. The summed E-state index contributed by atoms with van der Waals surface area (Å²) >= 11 is 0. The van der Waals surface area contributed by atoms with Gasteiger partial charge in [0.25, 0.3) is 11.5 Å². The van der Waals surface area contributed by atoms with Crippen LogP contribution in [-0.2, 0) is 26.4 Å². The number of hydrogen-bond donors (Lipinski definition) is 0. The first kappa shape index (κ1) is 19.0. The van der Waals surface area contributed by atoms with Gasteiger partial charge in [-0.1, -0.05) is 18.2 Å². The summed E-state index contributed by atoms with van der Waals surface area (Å²) in [4.78, 5) is 38.0. The second-order valence-corrected chi connectivity index (χ2v) is 8.69. The van der Waals surface area contributed by atoms with Gasteiger partial charge in [-0.05, 0) is 12.5 Å². The zero-order valence-electron chi connectivity index (χ0n) is 14.9. The Labute approximate surface area is 155 Å². The summed E-state index contributed by atoms with van der Waals surface area (Å²) in [7, 11) is -0.216. The number of benzene rings is 1. The molecule has 1 saturated heterocycles. The summed E-state index contributed by atoms with van der Waals surface area (Å²) < 4.78 is 29.2. The van der Waals surface area contributed by atoms with Crippen molar-refractivity contribution in [1.29, 1.82) is 0 Å². The Morgan fingerprint density at radius 3 is 2.59 bits per heavy atom. The molecule has 0 spiro atoms. The molecule has 0 N–H and O–H groups in total. The van der Waals surface area contributed by atoms with E-state index < -0.39 is 34.4 Å². The van der Waals surface area contributed by atoms with Crippen molar-refractivity contribution < 1.29 is 22.7 Å². The van der Waals surface area contributed by atoms with Crippen molar-refractivity contribution in [1.82, 2.24) is 14.7 Å². The number of amides is 1. The molecule has 1 aliphatic heterocycles. The fourth-order valence-electron chi connectivity index (χ4n) is 3.03. The molecule has 9 nitrogen and oxygen atoms in total. The molecule has 27 heavy (non-hydrogen) atoms. The van der Waals surface area contributed by atoms with Gasteiger partial charge in [0, 0.05) is 25.5 Å². The Morgan fingerprint density at radius 1 is 1.30 bits per heavy atom. The number of carbonyl (C=O) groups excluding carboxylic acids is 2. The van der Waals surface area contributed by atoms with E-state index in [4.69, 9.17) is 4.74 Å². The Bertz CT molecular complexity index is 1080. The predicted octanol–water partition coefficient (Wildman–Crippen LogP) is -0.264. The van der Waals surface area contributed by atoms with E-state index in [1.165, 1.54) is 19.0 Å². The van der Waals surface area contributed by atoms with Crippen LogP contribution in [0.15, 0.2) is 29.1 Å². The normalized spacial score (nSPS) is 18.4. The van der Waals surface area contributed by atoms with Gasteiger partial charge in [-0.25, -0.2) is 17.9 Å². The van der Waals surface area contributed by atoms with Crippen LogP contribution < -0.4 is 5.56 Å². The van der Waals surface area contributed by atoms with Gasteiger partial charge in [-0.15, -0.1) is 0 Å². The maximum Gasteiger partial charge on any atom is 0.359 e. The largest absolute Gasteiger partial charge is 0.451 e. The van der Waals surface area contributed by atoms with Crippen molar-refractivity contribution >= 4 is 32.5 Å². The molecule has 0 saturated carbocycles. The van der Waals surface area contributed by atoms with Crippen molar-refractivity contribution in [3.8, 4) is 0 Å². The van der Waals surface area contributed by atoms with Gasteiger partial charge in [0.1, 0.15) is 0 Å². The van der Waals surface area contributed by atoms with Crippen molar-refractivity contribution in [3.05, 3.63) is 40.3 Å². The summed E-state index contributed by atoms with van der Waals surface area (Å²) in [6.07, 6.45) is 0.367. The molecule has 1 aliphatic rings. The summed E-state index contributed by atoms with van der Waals surface area (Å²) in [6, 6.07) is 6.08. The van der Waals surface area contributed by atoms with E-state index in [-0.39, 0.29) is 22.8 Å². The number of nitrogens with zero attached hydrogens (tertiary/aromatic N) is 3. The lowest BCUT2D eigenvalue weighted by Crippen LogP contribution is -2.40. The summed E-state index contributed by atoms with van der Waals surface area (Å²) in [5, 5.41) is 4.61. The van der Waals surface area contributed by atoms with Crippen LogP contribution in [0.3, 0.4) is 0 Å². The minimum absolute atomic E-state index is 0.0447. The van der Waals surface area contributed by atoms with E-state index in [1.807, 2.05) is 0 Å². The van der Waals surface area contributed by atoms with E-state index in [2.05, 4.69) is 5.10 Å². The van der Waals surface area contributed by atoms with Gasteiger partial charge < -0.3 is 9.64 Å². The smallest absolute Gasteiger partial charge is 0.359 e. The highest BCUT2D eigenvalue weighted by atomic mass is 32.2. The zero-order chi connectivity index (χ0) is 19.8. The molecule has 0 radical (unpaired) electrons. The zero-order valence-corrected chi connectivity index (χ0v) is 15.7. The van der Waals surface area contributed by atoms with Gasteiger partial charge in [-0.2, -0.15) is 5.10 Å². The number of rotatable bonds is 4. The van der Waals surface area contributed by atoms with Crippen molar-refractivity contribution in [2.75, 3.05) is 25.2 Å². The van der Waals surface area contributed by atoms with E-state index in [0.29, 0.717) is 17.2 Å².